The van der Waals surface area contributed by atoms with Crippen molar-refractivity contribution in [1.82, 2.24) is 5.32 Å². The SMILES string of the molecule is CCc1ccc(C(=O)NC(CC)(CC)C(N)=S)o1. The van der Waals surface area contributed by atoms with E-state index < -0.39 is 5.54 Å². The van der Waals surface area contributed by atoms with Crippen molar-refractivity contribution in [2.24, 2.45) is 5.73 Å². The quantitative estimate of drug-likeness (QED) is 0.777. The third-order valence-electron chi connectivity index (χ3n) is 3.27. The molecule has 1 amide bonds. The Bertz CT molecular complexity index is 436. The van der Waals surface area contributed by atoms with Gasteiger partial charge in [-0.25, -0.2) is 0 Å². The van der Waals surface area contributed by atoms with Gasteiger partial charge in [0.15, 0.2) is 5.76 Å². The zero-order chi connectivity index (χ0) is 13.8. The second-order valence-electron chi connectivity index (χ2n) is 4.23. The molecule has 1 aromatic heterocycles. The molecule has 0 aliphatic heterocycles. The van der Waals surface area contributed by atoms with E-state index in [1.807, 2.05) is 20.8 Å². The number of thiocarbonyl (C=S) groups is 1. The summed E-state index contributed by atoms with van der Waals surface area (Å²) in [6.07, 6.45) is 2.08. The van der Waals surface area contributed by atoms with E-state index in [0.717, 1.165) is 12.2 Å². The molecule has 0 radical (unpaired) electrons. The largest absolute Gasteiger partial charge is 0.456 e. The molecule has 0 saturated carbocycles. The molecule has 0 aromatic carbocycles. The molecule has 100 valence electrons. The van der Waals surface area contributed by atoms with Crippen molar-refractivity contribution in [1.29, 1.82) is 0 Å². The van der Waals surface area contributed by atoms with Gasteiger partial charge in [-0.1, -0.05) is 33.0 Å². The van der Waals surface area contributed by atoms with Crippen LogP contribution in [-0.2, 0) is 6.42 Å². The Morgan fingerprint density at radius 2 is 2.00 bits per heavy atom. The maximum absolute atomic E-state index is 12.1. The Balaban J connectivity index is 2.88. The average molecular weight is 268 g/mol. The van der Waals surface area contributed by atoms with Crippen LogP contribution < -0.4 is 11.1 Å². The number of hydrogen-bond donors (Lipinski definition) is 2. The second-order valence-corrected chi connectivity index (χ2v) is 4.67. The summed E-state index contributed by atoms with van der Waals surface area (Å²) in [5.41, 5.74) is 5.10. The second kappa shape index (κ2) is 6.00. The first-order chi connectivity index (χ1) is 8.49. The number of nitrogens with two attached hydrogens (primary N) is 1. The molecule has 18 heavy (non-hydrogen) atoms. The van der Waals surface area contributed by atoms with Gasteiger partial charge in [-0.15, -0.1) is 0 Å². The number of aryl methyl sites for hydroxylation is 1. The molecule has 0 saturated heterocycles. The monoisotopic (exact) mass is 268 g/mol. The van der Waals surface area contributed by atoms with E-state index in [9.17, 15) is 4.79 Å². The lowest BCUT2D eigenvalue weighted by molar-refractivity contribution is 0.0890. The highest BCUT2D eigenvalue weighted by Gasteiger charge is 2.32. The molecular weight excluding hydrogens is 248 g/mol. The van der Waals surface area contributed by atoms with Crippen molar-refractivity contribution in [2.75, 3.05) is 0 Å². The van der Waals surface area contributed by atoms with Gasteiger partial charge in [-0.05, 0) is 25.0 Å². The van der Waals surface area contributed by atoms with Crippen LogP contribution in [0, 0.1) is 0 Å². The smallest absolute Gasteiger partial charge is 0.287 e. The molecule has 0 unspecified atom stereocenters. The number of nitrogens with one attached hydrogen (secondary N) is 1. The molecular formula is C13H20N2O2S. The lowest BCUT2D eigenvalue weighted by Gasteiger charge is -2.31. The van der Waals surface area contributed by atoms with Crippen molar-refractivity contribution in [3.63, 3.8) is 0 Å². The molecule has 4 nitrogen and oxygen atoms in total. The summed E-state index contributed by atoms with van der Waals surface area (Å²) in [5, 5.41) is 2.88. The highest BCUT2D eigenvalue weighted by Crippen LogP contribution is 2.17. The van der Waals surface area contributed by atoms with Crippen molar-refractivity contribution in [2.45, 2.75) is 45.6 Å². The lowest BCUT2D eigenvalue weighted by atomic mass is 9.92. The molecule has 0 aliphatic carbocycles. The van der Waals surface area contributed by atoms with Crippen LogP contribution in [0.4, 0.5) is 0 Å². The third-order valence-corrected chi connectivity index (χ3v) is 3.66. The van der Waals surface area contributed by atoms with E-state index >= 15 is 0 Å². The first-order valence-corrected chi connectivity index (χ1v) is 6.61. The van der Waals surface area contributed by atoms with E-state index in [4.69, 9.17) is 22.4 Å². The number of furan rings is 1. The Kier molecular flexibility index (Phi) is 4.90. The molecule has 0 bridgehead atoms. The van der Waals surface area contributed by atoms with Gasteiger partial charge in [0.1, 0.15) is 5.76 Å². The third kappa shape index (κ3) is 2.90. The number of amides is 1. The number of carbonyl (C=O) groups is 1. The van der Waals surface area contributed by atoms with E-state index in [1.165, 1.54) is 0 Å². The summed E-state index contributed by atoms with van der Waals surface area (Å²) >= 11 is 5.06. The number of hydrogen-bond acceptors (Lipinski definition) is 3. The topological polar surface area (TPSA) is 68.3 Å². The summed E-state index contributed by atoms with van der Waals surface area (Å²) in [6, 6.07) is 3.47. The summed E-state index contributed by atoms with van der Waals surface area (Å²) in [6.45, 7) is 5.86. The highest BCUT2D eigenvalue weighted by atomic mass is 32.1. The Morgan fingerprint density at radius 3 is 2.39 bits per heavy atom. The Hall–Kier alpha value is -1.36. The maximum atomic E-state index is 12.1. The molecule has 0 fully saturated rings. The van der Waals surface area contributed by atoms with Crippen molar-refractivity contribution in [3.05, 3.63) is 23.7 Å². The van der Waals surface area contributed by atoms with Crippen LogP contribution >= 0.6 is 12.2 Å². The summed E-state index contributed by atoms with van der Waals surface area (Å²) < 4.78 is 5.41. The lowest BCUT2D eigenvalue weighted by Crippen LogP contribution is -2.55. The summed E-state index contributed by atoms with van der Waals surface area (Å²) in [4.78, 5) is 12.4. The van der Waals surface area contributed by atoms with Gasteiger partial charge in [0.25, 0.3) is 5.91 Å². The van der Waals surface area contributed by atoms with Crippen LogP contribution in [0.25, 0.3) is 0 Å². The van der Waals surface area contributed by atoms with E-state index in [0.29, 0.717) is 23.6 Å². The molecule has 3 N–H and O–H groups in total. The molecule has 0 spiro atoms. The minimum Gasteiger partial charge on any atom is -0.456 e. The van der Waals surface area contributed by atoms with Gasteiger partial charge in [0.2, 0.25) is 0 Å². The number of carbonyl (C=O) groups excluding carboxylic acids is 1. The average Bonchev–Trinajstić information content (AvgIpc) is 2.84. The minimum absolute atomic E-state index is 0.272. The molecule has 0 atom stereocenters. The van der Waals surface area contributed by atoms with Crippen LogP contribution in [0.5, 0.6) is 0 Å². The highest BCUT2D eigenvalue weighted by molar-refractivity contribution is 7.80. The number of rotatable bonds is 6. The Labute approximate surface area is 113 Å². The van der Waals surface area contributed by atoms with Crippen LogP contribution in [0.1, 0.15) is 49.9 Å². The van der Waals surface area contributed by atoms with E-state index in [-0.39, 0.29) is 5.91 Å². The molecule has 1 rings (SSSR count). The zero-order valence-corrected chi connectivity index (χ0v) is 11.9. The molecule has 1 heterocycles. The van der Waals surface area contributed by atoms with Gasteiger partial charge in [-0.2, -0.15) is 0 Å². The Morgan fingerprint density at radius 1 is 1.39 bits per heavy atom. The van der Waals surface area contributed by atoms with Crippen molar-refractivity contribution in [3.8, 4) is 0 Å². The van der Waals surface area contributed by atoms with Crippen LogP contribution in [0.3, 0.4) is 0 Å². The predicted molar refractivity (Wildman–Crippen MR) is 75.7 cm³/mol. The minimum atomic E-state index is -0.633. The van der Waals surface area contributed by atoms with Gasteiger partial charge in [-0.3, -0.25) is 4.79 Å². The molecule has 5 heteroatoms. The predicted octanol–water partition coefficient (Wildman–Crippen LogP) is 2.42. The first kappa shape index (κ1) is 14.7. The van der Waals surface area contributed by atoms with Crippen LogP contribution in [0.15, 0.2) is 16.5 Å². The fourth-order valence-electron chi connectivity index (χ4n) is 1.81. The van der Waals surface area contributed by atoms with Gasteiger partial charge in [0.05, 0.1) is 10.5 Å². The zero-order valence-electron chi connectivity index (χ0n) is 11.1. The van der Waals surface area contributed by atoms with Gasteiger partial charge >= 0.3 is 0 Å². The van der Waals surface area contributed by atoms with E-state index in [1.54, 1.807) is 12.1 Å². The fraction of sp³-hybridized carbons (Fsp3) is 0.538. The summed E-state index contributed by atoms with van der Waals surface area (Å²) in [5.74, 6) is 0.814. The molecule has 0 aliphatic rings. The maximum Gasteiger partial charge on any atom is 0.287 e. The van der Waals surface area contributed by atoms with Crippen molar-refractivity contribution >= 4 is 23.1 Å². The fourth-order valence-corrected chi connectivity index (χ4v) is 2.15. The van der Waals surface area contributed by atoms with E-state index in [2.05, 4.69) is 5.32 Å². The van der Waals surface area contributed by atoms with Gasteiger partial charge in [0, 0.05) is 6.42 Å². The van der Waals surface area contributed by atoms with Crippen molar-refractivity contribution < 1.29 is 9.21 Å². The standard InChI is InChI=1S/C13H20N2O2S/c1-4-9-7-8-10(17-9)11(16)15-13(5-2,6-3)12(14)18/h7-8H,4-6H2,1-3H3,(H2,14,18)(H,15,16). The van der Waals surface area contributed by atoms with Crippen LogP contribution in [0.2, 0.25) is 0 Å². The summed E-state index contributed by atoms with van der Waals surface area (Å²) in [7, 11) is 0. The first-order valence-electron chi connectivity index (χ1n) is 6.20. The normalized spacial score (nSPS) is 11.3. The molecule has 1 aromatic rings. The van der Waals surface area contributed by atoms with Crippen LogP contribution in [-0.4, -0.2) is 16.4 Å². The van der Waals surface area contributed by atoms with Gasteiger partial charge < -0.3 is 15.5 Å².